The lowest BCUT2D eigenvalue weighted by atomic mass is 9.84. The molecule has 1 amide bonds. The Morgan fingerprint density at radius 2 is 1.95 bits per heavy atom. The Bertz CT molecular complexity index is 471. The second-order valence-electron chi connectivity index (χ2n) is 6.27. The molecule has 2 aliphatic rings. The van der Waals surface area contributed by atoms with Gasteiger partial charge in [0.2, 0.25) is 5.91 Å². The van der Waals surface area contributed by atoms with Crippen molar-refractivity contribution in [2.45, 2.75) is 38.8 Å². The van der Waals surface area contributed by atoms with Crippen LogP contribution < -0.4 is 5.73 Å². The largest absolute Gasteiger partial charge is 0.338 e. The normalized spacial score (nSPS) is 31.5. The predicted molar refractivity (Wildman–Crippen MR) is 79.8 cm³/mol. The summed E-state index contributed by atoms with van der Waals surface area (Å²) in [5.74, 6) is 1.46. The van der Waals surface area contributed by atoms with Gasteiger partial charge in [0.05, 0.1) is 5.92 Å². The number of benzene rings is 1. The van der Waals surface area contributed by atoms with Crippen LogP contribution in [0.1, 0.15) is 31.7 Å². The van der Waals surface area contributed by atoms with Crippen LogP contribution in [0.15, 0.2) is 30.3 Å². The fourth-order valence-electron chi connectivity index (χ4n) is 4.06. The van der Waals surface area contributed by atoms with Gasteiger partial charge in [0.25, 0.3) is 0 Å². The topological polar surface area (TPSA) is 46.3 Å². The highest BCUT2D eigenvalue weighted by Gasteiger charge is 2.49. The van der Waals surface area contributed by atoms with Gasteiger partial charge in [-0.25, -0.2) is 0 Å². The van der Waals surface area contributed by atoms with Gasteiger partial charge in [0.15, 0.2) is 0 Å². The maximum Gasteiger partial charge on any atom is 0.227 e. The summed E-state index contributed by atoms with van der Waals surface area (Å²) in [5.41, 5.74) is 7.50. The lowest BCUT2D eigenvalue weighted by Crippen LogP contribution is -2.46. The molecule has 0 spiro atoms. The molecular weight excluding hydrogens is 248 g/mol. The van der Waals surface area contributed by atoms with E-state index in [-0.39, 0.29) is 17.9 Å². The van der Waals surface area contributed by atoms with Gasteiger partial charge < -0.3 is 10.6 Å². The monoisotopic (exact) mass is 272 g/mol. The maximum absolute atomic E-state index is 12.8. The summed E-state index contributed by atoms with van der Waals surface area (Å²) in [6, 6.07) is 10.3. The fourth-order valence-corrected chi connectivity index (χ4v) is 4.06. The van der Waals surface area contributed by atoms with Crippen LogP contribution in [-0.2, 0) is 11.3 Å². The van der Waals surface area contributed by atoms with Gasteiger partial charge >= 0.3 is 0 Å². The molecule has 0 aliphatic heterocycles. The van der Waals surface area contributed by atoms with Gasteiger partial charge in [-0.05, 0) is 43.6 Å². The predicted octanol–water partition coefficient (Wildman–Crippen LogP) is 2.41. The number of carbonyl (C=O) groups is 1. The van der Waals surface area contributed by atoms with Crippen LogP contribution >= 0.6 is 0 Å². The summed E-state index contributed by atoms with van der Waals surface area (Å²) >= 11 is 0. The molecule has 4 atom stereocenters. The molecule has 3 heteroatoms. The van der Waals surface area contributed by atoms with Gasteiger partial charge in [0.1, 0.15) is 0 Å². The minimum absolute atomic E-state index is 0.0670. The molecule has 1 aromatic rings. The second kappa shape index (κ2) is 5.57. The Morgan fingerprint density at radius 1 is 1.25 bits per heavy atom. The highest BCUT2D eigenvalue weighted by molar-refractivity contribution is 5.80. The summed E-state index contributed by atoms with van der Waals surface area (Å²) in [5, 5.41) is 0. The molecule has 0 aromatic heterocycles. The average molecular weight is 272 g/mol. The van der Waals surface area contributed by atoms with Gasteiger partial charge in [-0.1, -0.05) is 30.3 Å². The zero-order valence-corrected chi connectivity index (χ0v) is 12.2. The van der Waals surface area contributed by atoms with Gasteiger partial charge in [-0.3, -0.25) is 4.79 Å². The van der Waals surface area contributed by atoms with Crippen LogP contribution in [0, 0.1) is 17.8 Å². The first-order valence-electron chi connectivity index (χ1n) is 7.79. The Kier molecular flexibility index (Phi) is 3.79. The van der Waals surface area contributed by atoms with Crippen LogP contribution in [0.5, 0.6) is 0 Å². The van der Waals surface area contributed by atoms with Gasteiger partial charge in [0, 0.05) is 19.1 Å². The van der Waals surface area contributed by atoms with Crippen molar-refractivity contribution in [1.29, 1.82) is 0 Å². The molecule has 108 valence electrons. The Morgan fingerprint density at radius 3 is 2.55 bits per heavy atom. The number of fused-ring (bicyclic) bond motifs is 2. The van der Waals surface area contributed by atoms with Crippen molar-refractivity contribution >= 4 is 5.91 Å². The molecule has 2 aliphatic carbocycles. The number of nitrogens with two attached hydrogens (primary N) is 1. The zero-order chi connectivity index (χ0) is 14.1. The Labute approximate surface area is 121 Å². The SMILES string of the molecule is CCN(Cc1ccccc1)C(=O)C1C2CCC(C2)C1N. The molecule has 2 N–H and O–H groups in total. The summed E-state index contributed by atoms with van der Waals surface area (Å²) < 4.78 is 0. The summed E-state index contributed by atoms with van der Waals surface area (Å²) in [4.78, 5) is 14.8. The number of hydrogen-bond acceptors (Lipinski definition) is 2. The third-order valence-corrected chi connectivity index (χ3v) is 5.18. The van der Waals surface area contributed by atoms with E-state index >= 15 is 0 Å². The lowest BCUT2D eigenvalue weighted by molar-refractivity contribution is -0.138. The number of rotatable bonds is 4. The average Bonchev–Trinajstić information content (AvgIpc) is 3.06. The van der Waals surface area contributed by atoms with Crippen molar-refractivity contribution in [2.24, 2.45) is 23.5 Å². The summed E-state index contributed by atoms with van der Waals surface area (Å²) in [6.07, 6.45) is 3.58. The lowest BCUT2D eigenvalue weighted by Gasteiger charge is -2.32. The van der Waals surface area contributed by atoms with Crippen LogP contribution in [0.3, 0.4) is 0 Å². The first-order chi connectivity index (χ1) is 9.70. The van der Waals surface area contributed by atoms with Crippen molar-refractivity contribution in [3.63, 3.8) is 0 Å². The van der Waals surface area contributed by atoms with E-state index in [0.717, 1.165) is 6.54 Å². The Balaban J connectivity index is 1.71. The van der Waals surface area contributed by atoms with E-state index in [1.807, 2.05) is 23.1 Å². The molecule has 0 saturated heterocycles. The number of hydrogen-bond donors (Lipinski definition) is 1. The third-order valence-electron chi connectivity index (χ3n) is 5.18. The zero-order valence-electron chi connectivity index (χ0n) is 12.2. The number of nitrogens with zero attached hydrogens (tertiary/aromatic N) is 1. The first kappa shape index (κ1) is 13.6. The summed E-state index contributed by atoms with van der Waals surface area (Å²) in [6.45, 7) is 3.52. The highest BCUT2D eigenvalue weighted by Crippen LogP contribution is 2.48. The minimum atomic E-state index is 0.0670. The van der Waals surface area contributed by atoms with Crippen molar-refractivity contribution in [3.8, 4) is 0 Å². The van der Waals surface area contributed by atoms with E-state index < -0.39 is 0 Å². The van der Waals surface area contributed by atoms with Crippen molar-refractivity contribution in [2.75, 3.05) is 6.54 Å². The summed E-state index contributed by atoms with van der Waals surface area (Å²) in [7, 11) is 0. The van der Waals surface area contributed by atoms with Crippen LogP contribution in [0.2, 0.25) is 0 Å². The molecular formula is C17H24N2O. The Hall–Kier alpha value is -1.35. The molecule has 0 radical (unpaired) electrons. The van der Waals surface area contributed by atoms with Crippen LogP contribution in [0.25, 0.3) is 0 Å². The molecule has 3 rings (SSSR count). The molecule has 2 bridgehead atoms. The molecule has 20 heavy (non-hydrogen) atoms. The van der Waals surface area contributed by atoms with E-state index in [1.165, 1.54) is 24.8 Å². The van der Waals surface area contributed by atoms with Crippen LogP contribution in [0.4, 0.5) is 0 Å². The maximum atomic E-state index is 12.8. The molecule has 2 fully saturated rings. The van der Waals surface area contributed by atoms with Crippen molar-refractivity contribution < 1.29 is 4.79 Å². The minimum Gasteiger partial charge on any atom is -0.338 e. The van der Waals surface area contributed by atoms with Gasteiger partial charge in [-0.15, -0.1) is 0 Å². The van der Waals surface area contributed by atoms with E-state index in [2.05, 4.69) is 19.1 Å². The third kappa shape index (κ3) is 2.35. The van der Waals surface area contributed by atoms with E-state index in [1.54, 1.807) is 0 Å². The number of carbonyl (C=O) groups excluding carboxylic acids is 1. The second-order valence-corrected chi connectivity index (χ2v) is 6.27. The van der Waals surface area contributed by atoms with Gasteiger partial charge in [-0.2, -0.15) is 0 Å². The molecule has 1 aromatic carbocycles. The highest BCUT2D eigenvalue weighted by atomic mass is 16.2. The molecule has 0 heterocycles. The van der Waals surface area contributed by atoms with E-state index in [0.29, 0.717) is 18.4 Å². The van der Waals surface area contributed by atoms with Crippen molar-refractivity contribution in [1.82, 2.24) is 4.90 Å². The quantitative estimate of drug-likeness (QED) is 0.915. The fraction of sp³-hybridized carbons (Fsp3) is 0.588. The van der Waals surface area contributed by atoms with E-state index in [9.17, 15) is 4.79 Å². The van der Waals surface area contributed by atoms with E-state index in [4.69, 9.17) is 5.73 Å². The van der Waals surface area contributed by atoms with Crippen molar-refractivity contribution in [3.05, 3.63) is 35.9 Å². The molecule has 3 nitrogen and oxygen atoms in total. The number of amides is 1. The molecule has 4 unspecified atom stereocenters. The molecule has 2 saturated carbocycles. The van der Waals surface area contributed by atoms with Crippen LogP contribution in [-0.4, -0.2) is 23.4 Å². The first-order valence-corrected chi connectivity index (χ1v) is 7.79. The smallest absolute Gasteiger partial charge is 0.227 e. The standard InChI is InChI=1S/C17H24N2O/c1-2-19(11-12-6-4-3-5-7-12)17(20)15-13-8-9-14(10-13)16(15)18/h3-7,13-16H,2,8-11,18H2,1H3.